The molecule has 19 heavy (non-hydrogen) atoms. The van der Waals surface area contributed by atoms with Gasteiger partial charge in [-0.25, -0.2) is 9.97 Å². The van der Waals surface area contributed by atoms with Crippen LogP contribution < -0.4 is 10.2 Å². The second-order valence-electron chi connectivity index (χ2n) is 4.14. The van der Waals surface area contributed by atoms with E-state index in [1.54, 1.807) is 11.8 Å². The fourth-order valence-electron chi connectivity index (χ4n) is 1.50. The first-order chi connectivity index (χ1) is 9.21. The van der Waals surface area contributed by atoms with Crippen LogP contribution in [0.3, 0.4) is 0 Å². The summed E-state index contributed by atoms with van der Waals surface area (Å²) in [5.74, 6) is 1.82. The van der Waals surface area contributed by atoms with Crippen molar-refractivity contribution in [2.75, 3.05) is 49.8 Å². The minimum absolute atomic E-state index is 0.712. The van der Waals surface area contributed by atoms with E-state index >= 15 is 0 Å². The first-order valence-electron chi connectivity index (χ1n) is 6.67. The molecule has 0 spiro atoms. The van der Waals surface area contributed by atoms with Crippen molar-refractivity contribution in [2.24, 2.45) is 0 Å². The van der Waals surface area contributed by atoms with Crippen molar-refractivity contribution in [1.82, 2.24) is 9.97 Å². The first kappa shape index (κ1) is 16.0. The molecule has 6 heteroatoms. The number of hydrogen-bond donors (Lipinski definition) is 1. The molecule has 5 nitrogen and oxygen atoms in total. The van der Waals surface area contributed by atoms with Gasteiger partial charge in [0.15, 0.2) is 5.16 Å². The molecule has 1 heterocycles. The van der Waals surface area contributed by atoms with Gasteiger partial charge >= 0.3 is 0 Å². The molecule has 0 radical (unpaired) electrons. The minimum atomic E-state index is 0.712. The third-order valence-electron chi connectivity index (χ3n) is 2.60. The van der Waals surface area contributed by atoms with Gasteiger partial charge in [-0.2, -0.15) is 0 Å². The number of nitrogens with zero attached hydrogens (tertiary/aromatic N) is 3. The molecule has 1 aromatic rings. The van der Waals surface area contributed by atoms with E-state index in [2.05, 4.69) is 27.1 Å². The third-order valence-corrected chi connectivity index (χ3v) is 3.14. The smallest absolute Gasteiger partial charge is 0.191 e. The van der Waals surface area contributed by atoms with Crippen LogP contribution in [0.4, 0.5) is 11.6 Å². The number of hydrogen-bond acceptors (Lipinski definition) is 6. The van der Waals surface area contributed by atoms with Crippen molar-refractivity contribution in [3.05, 3.63) is 6.07 Å². The SMILES string of the molecule is CCCNc1cc(N(C)CCOCC)nc(SC)n1. The van der Waals surface area contributed by atoms with Crippen LogP contribution in [0.2, 0.25) is 0 Å². The Bertz CT molecular complexity index is 376. The summed E-state index contributed by atoms with van der Waals surface area (Å²) in [7, 11) is 2.02. The zero-order chi connectivity index (χ0) is 14.1. The van der Waals surface area contributed by atoms with E-state index in [4.69, 9.17) is 4.74 Å². The van der Waals surface area contributed by atoms with Gasteiger partial charge in [-0.05, 0) is 19.6 Å². The summed E-state index contributed by atoms with van der Waals surface area (Å²) < 4.78 is 5.37. The van der Waals surface area contributed by atoms with Crippen molar-refractivity contribution in [1.29, 1.82) is 0 Å². The number of rotatable bonds is 9. The molecular weight excluding hydrogens is 260 g/mol. The summed E-state index contributed by atoms with van der Waals surface area (Å²) in [5.41, 5.74) is 0. The summed E-state index contributed by atoms with van der Waals surface area (Å²) in [6.45, 7) is 7.35. The van der Waals surface area contributed by atoms with Crippen molar-refractivity contribution in [3.63, 3.8) is 0 Å². The van der Waals surface area contributed by atoms with Crippen molar-refractivity contribution in [3.8, 4) is 0 Å². The van der Waals surface area contributed by atoms with Crippen LogP contribution in [-0.4, -0.2) is 49.6 Å². The lowest BCUT2D eigenvalue weighted by Gasteiger charge is -2.19. The molecule has 108 valence electrons. The van der Waals surface area contributed by atoms with Crippen LogP contribution in [0, 0.1) is 0 Å². The van der Waals surface area contributed by atoms with E-state index in [0.29, 0.717) is 6.61 Å². The third kappa shape index (κ3) is 5.65. The second-order valence-corrected chi connectivity index (χ2v) is 4.92. The quantitative estimate of drug-likeness (QED) is 0.427. The van der Waals surface area contributed by atoms with E-state index < -0.39 is 0 Å². The van der Waals surface area contributed by atoms with Crippen LogP contribution in [0.25, 0.3) is 0 Å². The molecule has 0 aliphatic carbocycles. The Balaban J connectivity index is 2.74. The van der Waals surface area contributed by atoms with Gasteiger partial charge in [0, 0.05) is 32.8 Å². The van der Waals surface area contributed by atoms with E-state index in [0.717, 1.165) is 42.9 Å². The molecule has 0 atom stereocenters. The van der Waals surface area contributed by atoms with Gasteiger partial charge in [0.05, 0.1) is 6.61 Å². The van der Waals surface area contributed by atoms with Gasteiger partial charge in [-0.3, -0.25) is 0 Å². The maximum Gasteiger partial charge on any atom is 0.191 e. The molecule has 0 unspecified atom stereocenters. The lowest BCUT2D eigenvalue weighted by molar-refractivity contribution is 0.154. The molecule has 0 saturated heterocycles. The lowest BCUT2D eigenvalue weighted by atomic mass is 10.4. The topological polar surface area (TPSA) is 50.3 Å². The molecule has 0 aromatic carbocycles. The summed E-state index contributed by atoms with van der Waals surface area (Å²) in [6, 6.07) is 1.99. The standard InChI is InChI=1S/C13H24N4OS/c1-5-7-14-11-10-12(16-13(15-11)19-4)17(3)8-9-18-6-2/h10H,5-9H2,1-4H3,(H,14,15,16). The first-order valence-corrected chi connectivity index (χ1v) is 7.89. The Hall–Kier alpha value is -1.01. The minimum Gasteiger partial charge on any atom is -0.380 e. The largest absolute Gasteiger partial charge is 0.380 e. The number of thioether (sulfide) groups is 1. The number of nitrogens with one attached hydrogen (secondary N) is 1. The average molecular weight is 284 g/mol. The van der Waals surface area contributed by atoms with Crippen molar-refractivity contribution < 1.29 is 4.74 Å². The monoisotopic (exact) mass is 284 g/mol. The summed E-state index contributed by atoms with van der Waals surface area (Å²) in [6.07, 6.45) is 3.07. The highest BCUT2D eigenvalue weighted by atomic mass is 32.2. The number of ether oxygens (including phenoxy) is 1. The number of likely N-dealkylation sites (N-methyl/N-ethyl adjacent to an activating group) is 1. The van der Waals surface area contributed by atoms with E-state index in [1.807, 2.05) is 26.3 Å². The molecule has 1 N–H and O–H groups in total. The Morgan fingerprint density at radius 1 is 1.37 bits per heavy atom. The summed E-state index contributed by atoms with van der Waals surface area (Å²) >= 11 is 1.56. The van der Waals surface area contributed by atoms with Gasteiger partial charge in [0.2, 0.25) is 0 Å². The van der Waals surface area contributed by atoms with Crippen LogP contribution >= 0.6 is 11.8 Å². The molecule has 1 rings (SSSR count). The molecule has 0 bridgehead atoms. The Morgan fingerprint density at radius 2 is 2.16 bits per heavy atom. The zero-order valence-corrected chi connectivity index (χ0v) is 13.1. The van der Waals surface area contributed by atoms with Crippen molar-refractivity contribution >= 4 is 23.4 Å². The predicted octanol–water partition coefficient (Wildman–Crippen LogP) is 2.49. The van der Waals surface area contributed by atoms with Gasteiger partial charge in [0.25, 0.3) is 0 Å². The van der Waals surface area contributed by atoms with Crippen LogP contribution in [0.5, 0.6) is 0 Å². The van der Waals surface area contributed by atoms with Crippen LogP contribution in [0.15, 0.2) is 11.2 Å². The van der Waals surface area contributed by atoms with E-state index in [9.17, 15) is 0 Å². The molecule has 0 aliphatic heterocycles. The average Bonchev–Trinajstić information content (AvgIpc) is 2.44. The van der Waals surface area contributed by atoms with E-state index in [-0.39, 0.29) is 0 Å². The Morgan fingerprint density at radius 3 is 2.79 bits per heavy atom. The molecule has 0 amide bonds. The zero-order valence-electron chi connectivity index (χ0n) is 12.3. The van der Waals surface area contributed by atoms with Gasteiger partial charge in [-0.15, -0.1) is 0 Å². The maximum absolute atomic E-state index is 5.37. The maximum atomic E-state index is 5.37. The van der Waals surface area contributed by atoms with Gasteiger partial charge < -0.3 is 15.0 Å². The summed E-state index contributed by atoms with van der Waals surface area (Å²) in [5, 5.41) is 4.10. The fraction of sp³-hybridized carbons (Fsp3) is 0.692. The predicted molar refractivity (Wildman–Crippen MR) is 82.4 cm³/mol. The molecule has 0 saturated carbocycles. The highest BCUT2D eigenvalue weighted by Gasteiger charge is 2.07. The second kappa shape index (κ2) is 8.98. The summed E-state index contributed by atoms with van der Waals surface area (Å²) in [4.78, 5) is 11.1. The highest BCUT2D eigenvalue weighted by Crippen LogP contribution is 2.19. The number of aromatic nitrogens is 2. The lowest BCUT2D eigenvalue weighted by Crippen LogP contribution is -2.24. The molecular formula is C13H24N4OS. The molecule has 0 aliphatic rings. The Labute approximate surface area is 120 Å². The Kier molecular flexibility index (Phi) is 7.59. The number of anilines is 2. The fourth-order valence-corrected chi connectivity index (χ4v) is 1.88. The van der Waals surface area contributed by atoms with Crippen LogP contribution in [0.1, 0.15) is 20.3 Å². The van der Waals surface area contributed by atoms with E-state index in [1.165, 1.54) is 0 Å². The molecule has 0 fully saturated rings. The molecule has 1 aromatic heterocycles. The van der Waals surface area contributed by atoms with Gasteiger partial charge in [-0.1, -0.05) is 18.7 Å². The van der Waals surface area contributed by atoms with Crippen molar-refractivity contribution in [2.45, 2.75) is 25.4 Å². The van der Waals surface area contributed by atoms with Crippen LogP contribution in [-0.2, 0) is 4.74 Å². The highest BCUT2D eigenvalue weighted by molar-refractivity contribution is 7.98. The normalized spacial score (nSPS) is 10.5. The van der Waals surface area contributed by atoms with Gasteiger partial charge in [0.1, 0.15) is 11.6 Å².